The number of rotatable bonds is 5. The number of carbonyl (C=O) groups is 1. The van der Waals surface area contributed by atoms with Gasteiger partial charge in [0.15, 0.2) is 0 Å². The molecule has 4 rings (SSSR count). The molecule has 128 valence electrons. The minimum atomic E-state index is -0.0854. The molecule has 2 bridgehead atoms. The number of hydrogen-bond donors (Lipinski definition) is 0. The SMILES string of the molecule is Cc1noc(C)c1CSCC(=O)OC1CC2CC(C1C)C2(C)C. The van der Waals surface area contributed by atoms with Gasteiger partial charge in [0.1, 0.15) is 11.9 Å². The van der Waals surface area contributed by atoms with Crippen LogP contribution in [-0.2, 0) is 15.3 Å². The molecule has 0 amide bonds. The molecule has 23 heavy (non-hydrogen) atoms. The first-order valence-corrected chi connectivity index (χ1v) is 9.65. The van der Waals surface area contributed by atoms with Crippen molar-refractivity contribution in [1.82, 2.24) is 5.16 Å². The second kappa shape index (κ2) is 6.15. The van der Waals surface area contributed by atoms with Crippen LogP contribution in [0, 0.1) is 37.0 Å². The zero-order valence-corrected chi connectivity index (χ0v) is 15.5. The van der Waals surface area contributed by atoms with Crippen LogP contribution in [0.4, 0.5) is 0 Å². The van der Waals surface area contributed by atoms with Gasteiger partial charge in [0, 0.05) is 11.3 Å². The lowest BCUT2D eigenvalue weighted by molar-refractivity contribution is -0.183. The van der Waals surface area contributed by atoms with Gasteiger partial charge in [0.2, 0.25) is 0 Å². The number of fused-ring (bicyclic) bond motifs is 2. The molecule has 3 aliphatic carbocycles. The van der Waals surface area contributed by atoms with Crippen LogP contribution in [-0.4, -0.2) is 23.0 Å². The second-order valence-electron chi connectivity index (χ2n) is 7.78. The van der Waals surface area contributed by atoms with Crippen LogP contribution in [0.5, 0.6) is 0 Å². The smallest absolute Gasteiger partial charge is 0.316 e. The molecule has 0 aliphatic heterocycles. The summed E-state index contributed by atoms with van der Waals surface area (Å²) in [4.78, 5) is 12.2. The van der Waals surface area contributed by atoms with Crippen LogP contribution in [0.1, 0.15) is 50.6 Å². The lowest BCUT2D eigenvalue weighted by Gasteiger charge is -2.61. The predicted molar refractivity (Wildman–Crippen MR) is 91.2 cm³/mol. The average molecular weight is 337 g/mol. The maximum absolute atomic E-state index is 12.2. The standard InChI is InChI=1S/C18H27NO3S/c1-10-15-6-13(18(15,4)5)7-16(10)21-17(20)9-23-8-14-11(2)19-22-12(14)3/h10,13,15-16H,6-9H2,1-5H3. The Balaban J connectivity index is 1.46. The number of thioether (sulfide) groups is 1. The molecule has 1 heterocycles. The topological polar surface area (TPSA) is 52.3 Å². The van der Waals surface area contributed by atoms with E-state index in [0.717, 1.165) is 35.1 Å². The Bertz CT molecular complexity index is 576. The quantitative estimate of drug-likeness (QED) is 0.756. The molecule has 4 atom stereocenters. The lowest BCUT2D eigenvalue weighted by Crippen LogP contribution is -2.57. The van der Waals surface area contributed by atoms with Crippen molar-refractivity contribution in [3.63, 3.8) is 0 Å². The number of hydrogen-bond acceptors (Lipinski definition) is 5. The third-order valence-electron chi connectivity index (χ3n) is 6.21. The number of ether oxygens (including phenoxy) is 1. The number of aryl methyl sites for hydroxylation is 2. The Kier molecular flexibility index (Phi) is 4.51. The number of carbonyl (C=O) groups excluding carboxylic acids is 1. The summed E-state index contributed by atoms with van der Waals surface area (Å²) in [6.07, 6.45) is 2.45. The minimum absolute atomic E-state index is 0.0854. The summed E-state index contributed by atoms with van der Waals surface area (Å²) in [6.45, 7) is 10.8. The molecule has 1 aromatic heterocycles. The van der Waals surface area contributed by atoms with E-state index in [2.05, 4.69) is 25.9 Å². The number of nitrogens with zero attached hydrogens (tertiary/aromatic N) is 1. The normalized spacial score (nSPS) is 31.5. The van der Waals surface area contributed by atoms with Gasteiger partial charge >= 0.3 is 5.97 Å². The first-order chi connectivity index (χ1) is 10.8. The van der Waals surface area contributed by atoms with Gasteiger partial charge in [-0.15, -0.1) is 11.8 Å². The van der Waals surface area contributed by atoms with Gasteiger partial charge in [-0.3, -0.25) is 4.79 Å². The summed E-state index contributed by atoms with van der Waals surface area (Å²) in [5.74, 6) is 3.79. The summed E-state index contributed by atoms with van der Waals surface area (Å²) < 4.78 is 10.9. The van der Waals surface area contributed by atoms with Crippen LogP contribution in [0.2, 0.25) is 0 Å². The van der Waals surface area contributed by atoms with Crippen molar-refractivity contribution in [2.45, 2.75) is 59.3 Å². The van der Waals surface area contributed by atoms with Crippen molar-refractivity contribution in [3.8, 4) is 0 Å². The van der Waals surface area contributed by atoms with Gasteiger partial charge in [-0.25, -0.2) is 0 Å². The molecule has 3 aliphatic rings. The van der Waals surface area contributed by atoms with E-state index in [9.17, 15) is 4.79 Å². The van der Waals surface area contributed by atoms with Gasteiger partial charge in [0.05, 0.1) is 11.4 Å². The molecule has 3 fully saturated rings. The first kappa shape index (κ1) is 16.9. The summed E-state index contributed by atoms with van der Waals surface area (Å²) >= 11 is 1.57. The highest BCUT2D eigenvalue weighted by Gasteiger charge is 2.57. The Morgan fingerprint density at radius 3 is 2.70 bits per heavy atom. The van der Waals surface area contributed by atoms with Gasteiger partial charge in [-0.05, 0) is 49.9 Å². The van der Waals surface area contributed by atoms with Crippen LogP contribution in [0.15, 0.2) is 4.52 Å². The fourth-order valence-corrected chi connectivity index (χ4v) is 5.36. The van der Waals surface area contributed by atoms with E-state index >= 15 is 0 Å². The molecule has 0 radical (unpaired) electrons. The van der Waals surface area contributed by atoms with Crippen LogP contribution in [0.25, 0.3) is 0 Å². The van der Waals surface area contributed by atoms with Crippen molar-refractivity contribution >= 4 is 17.7 Å². The maximum atomic E-state index is 12.2. The van der Waals surface area contributed by atoms with Crippen LogP contribution >= 0.6 is 11.8 Å². The number of esters is 1. The van der Waals surface area contributed by atoms with Crippen molar-refractivity contribution in [2.24, 2.45) is 23.2 Å². The highest BCUT2D eigenvalue weighted by molar-refractivity contribution is 7.99. The highest BCUT2D eigenvalue weighted by Crippen LogP contribution is 2.61. The van der Waals surface area contributed by atoms with E-state index < -0.39 is 0 Å². The van der Waals surface area contributed by atoms with E-state index in [1.165, 1.54) is 6.42 Å². The zero-order valence-electron chi connectivity index (χ0n) is 14.7. The molecule has 0 aromatic carbocycles. The van der Waals surface area contributed by atoms with Crippen LogP contribution in [0.3, 0.4) is 0 Å². The second-order valence-corrected chi connectivity index (χ2v) is 8.76. The fourth-order valence-electron chi connectivity index (χ4n) is 4.41. The van der Waals surface area contributed by atoms with Crippen LogP contribution < -0.4 is 0 Å². The molecule has 0 spiro atoms. The molecular formula is C18H27NO3S. The molecule has 3 saturated carbocycles. The maximum Gasteiger partial charge on any atom is 0.316 e. The minimum Gasteiger partial charge on any atom is -0.461 e. The van der Waals surface area contributed by atoms with Gasteiger partial charge in [-0.1, -0.05) is 25.9 Å². The largest absolute Gasteiger partial charge is 0.461 e. The molecule has 4 nitrogen and oxygen atoms in total. The summed E-state index contributed by atoms with van der Waals surface area (Å²) in [6, 6.07) is 0. The van der Waals surface area contributed by atoms with Crippen molar-refractivity contribution in [1.29, 1.82) is 0 Å². The summed E-state index contributed by atoms with van der Waals surface area (Å²) in [7, 11) is 0. The van der Waals surface area contributed by atoms with Crippen molar-refractivity contribution in [2.75, 3.05) is 5.75 Å². The van der Waals surface area contributed by atoms with Crippen molar-refractivity contribution < 1.29 is 14.1 Å². The van der Waals surface area contributed by atoms with Gasteiger partial charge in [0.25, 0.3) is 0 Å². The number of aromatic nitrogens is 1. The third kappa shape index (κ3) is 3.04. The molecular weight excluding hydrogens is 310 g/mol. The Morgan fingerprint density at radius 2 is 2.13 bits per heavy atom. The van der Waals surface area contributed by atoms with Gasteiger partial charge < -0.3 is 9.26 Å². The van der Waals surface area contributed by atoms with E-state index in [1.807, 2.05) is 13.8 Å². The molecule has 0 saturated heterocycles. The van der Waals surface area contributed by atoms with E-state index in [1.54, 1.807) is 11.8 Å². The molecule has 4 unspecified atom stereocenters. The third-order valence-corrected chi connectivity index (χ3v) is 7.15. The van der Waals surface area contributed by atoms with E-state index in [0.29, 0.717) is 23.0 Å². The highest BCUT2D eigenvalue weighted by atomic mass is 32.2. The summed E-state index contributed by atoms with van der Waals surface area (Å²) in [5.41, 5.74) is 2.43. The fraction of sp³-hybridized carbons (Fsp3) is 0.778. The summed E-state index contributed by atoms with van der Waals surface area (Å²) in [5, 5.41) is 3.94. The average Bonchev–Trinajstić information content (AvgIpc) is 2.80. The molecule has 0 N–H and O–H groups in total. The van der Waals surface area contributed by atoms with Crippen molar-refractivity contribution in [3.05, 3.63) is 17.0 Å². The Labute approximate surface area is 142 Å². The Morgan fingerprint density at radius 1 is 1.39 bits per heavy atom. The molecule has 5 heteroatoms. The zero-order chi connectivity index (χ0) is 16.8. The van der Waals surface area contributed by atoms with E-state index in [4.69, 9.17) is 9.26 Å². The first-order valence-electron chi connectivity index (χ1n) is 8.49. The predicted octanol–water partition coefficient (Wildman–Crippen LogP) is 4.14. The molecule has 1 aromatic rings. The Hall–Kier alpha value is -0.970. The van der Waals surface area contributed by atoms with Gasteiger partial charge in [-0.2, -0.15) is 0 Å². The lowest BCUT2D eigenvalue weighted by atomic mass is 9.45. The monoisotopic (exact) mass is 337 g/mol. The van der Waals surface area contributed by atoms with E-state index in [-0.39, 0.29) is 12.1 Å².